The highest BCUT2D eigenvalue weighted by Crippen LogP contribution is 1.95. The van der Waals surface area contributed by atoms with Crippen LogP contribution < -0.4 is 16.6 Å². The Labute approximate surface area is 94.5 Å². The normalized spacial score (nSPS) is 11.9. The molecule has 4 N–H and O–H groups in total. The number of hydrogen-bond donors (Lipinski definition) is 3. The molecule has 0 aliphatic rings. The van der Waals surface area contributed by atoms with Crippen LogP contribution in [0.1, 0.15) is 25.6 Å². The topological polar surface area (TPSA) is 101 Å². The van der Waals surface area contributed by atoms with Crippen LogP contribution in [0.2, 0.25) is 0 Å². The fourth-order valence-electron chi connectivity index (χ4n) is 1.12. The van der Waals surface area contributed by atoms with Crippen molar-refractivity contribution in [2.75, 3.05) is 6.54 Å². The van der Waals surface area contributed by atoms with Crippen molar-refractivity contribution in [3.05, 3.63) is 11.7 Å². The van der Waals surface area contributed by atoms with Gasteiger partial charge < -0.3 is 9.84 Å². The molecular formula is C9H18N6O. The highest BCUT2D eigenvalue weighted by atomic mass is 16.5. The molecule has 0 radical (unpaired) electrons. The summed E-state index contributed by atoms with van der Waals surface area (Å²) in [5.41, 5.74) is 2.50. The first-order valence-electron chi connectivity index (χ1n) is 5.18. The maximum atomic E-state index is 5.31. The van der Waals surface area contributed by atoms with Crippen LogP contribution in [0.5, 0.6) is 0 Å². The van der Waals surface area contributed by atoms with E-state index in [1.54, 1.807) is 6.92 Å². The molecule has 0 saturated heterocycles. The van der Waals surface area contributed by atoms with Crippen molar-refractivity contribution in [1.29, 1.82) is 0 Å². The van der Waals surface area contributed by atoms with Crippen molar-refractivity contribution in [3.8, 4) is 0 Å². The van der Waals surface area contributed by atoms with Crippen LogP contribution in [-0.2, 0) is 6.42 Å². The third-order valence-electron chi connectivity index (χ3n) is 1.74. The van der Waals surface area contributed by atoms with Gasteiger partial charge in [0.2, 0.25) is 11.9 Å². The van der Waals surface area contributed by atoms with Gasteiger partial charge in [-0.2, -0.15) is 4.98 Å². The van der Waals surface area contributed by atoms with Crippen molar-refractivity contribution < 1.29 is 4.52 Å². The van der Waals surface area contributed by atoms with Crippen molar-refractivity contribution in [2.24, 2.45) is 10.8 Å². The lowest BCUT2D eigenvalue weighted by atomic mass is 10.4. The summed E-state index contributed by atoms with van der Waals surface area (Å²) in [6.07, 6.45) is 0.627. The molecule has 0 fully saturated rings. The van der Waals surface area contributed by atoms with Gasteiger partial charge in [0.1, 0.15) is 0 Å². The number of nitrogens with two attached hydrogens (primary N) is 1. The van der Waals surface area contributed by atoms with Gasteiger partial charge in [0, 0.05) is 19.4 Å². The Balaban J connectivity index is 2.39. The van der Waals surface area contributed by atoms with E-state index in [4.69, 9.17) is 10.4 Å². The molecule has 90 valence electrons. The first kappa shape index (κ1) is 12.4. The van der Waals surface area contributed by atoms with Crippen LogP contribution in [0.4, 0.5) is 0 Å². The van der Waals surface area contributed by atoms with Gasteiger partial charge in [-0.25, -0.2) is 5.84 Å². The maximum absolute atomic E-state index is 5.31. The second-order valence-electron chi connectivity index (χ2n) is 3.65. The molecule has 0 aliphatic carbocycles. The minimum atomic E-state index is 0.280. The fourth-order valence-corrected chi connectivity index (χ4v) is 1.12. The van der Waals surface area contributed by atoms with Gasteiger partial charge in [-0.05, 0) is 13.8 Å². The monoisotopic (exact) mass is 226 g/mol. The second-order valence-corrected chi connectivity index (χ2v) is 3.65. The van der Waals surface area contributed by atoms with E-state index in [9.17, 15) is 0 Å². The number of nitrogens with zero attached hydrogens (tertiary/aromatic N) is 3. The number of nitrogens with one attached hydrogen (secondary N) is 2. The van der Waals surface area contributed by atoms with Gasteiger partial charge in [-0.3, -0.25) is 10.4 Å². The first-order chi connectivity index (χ1) is 7.61. The van der Waals surface area contributed by atoms with Crippen LogP contribution in [0, 0.1) is 6.92 Å². The predicted molar refractivity (Wildman–Crippen MR) is 60.6 cm³/mol. The Kier molecular flexibility index (Phi) is 4.71. The van der Waals surface area contributed by atoms with Gasteiger partial charge in [0.15, 0.2) is 5.82 Å². The van der Waals surface area contributed by atoms with Gasteiger partial charge in [-0.15, -0.1) is 0 Å². The largest absolute Gasteiger partial charge is 0.353 e. The van der Waals surface area contributed by atoms with E-state index in [1.807, 2.05) is 13.8 Å². The number of guanidine groups is 1. The van der Waals surface area contributed by atoms with E-state index in [-0.39, 0.29) is 6.04 Å². The van der Waals surface area contributed by atoms with E-state index in [2.05, 4.69) is 25.9 Å². The molecule has 0 saturated carbocycles. The third kappa shape index (κ3) is 4.26. The average Bonchev–Trinajstić information content (AvgIpc) is 2.62. The number of hydrazine groups is 1. The molecule has 1 aromatic heterocycles. The van der Waals surface area contributed by atoms with Crippen molar-refractivity contribution in [3.63, 3.8) is 0 Å². The average molecular weight is 226 g/mol. The SMILES string of the molecule is Cc1nc(CCN=C(NN)NC(C)C)no1. The molecule has 16 heavy (non-hydrogen) atoms. The van der Waals surface area contributed by atoms with E-state index < -0.39 is 0 Å². The molecule has 1 heterocycles. The van der Waals surface area contributed by atoms with Crippen molar-refractivity contribution >= 4 is 5.96 Å². The lowest BCUT2D eigenvalue weighted by molar-refractivity contribution is 0.387. The minimum absolute atomic E-state index is 0.280. The number of hydrogen-bond acceptors (Lipinski definition) is 5. The Morgan fingerprint density at radius 2 is 2.31 bits per heavy atom. The molecule has 0 spiro atoms. The molecule has 7 nitrogen and oxygen atoms in total. The van der Waals surface area contributed by atoms with Crippen molar-refractivity contribution in [2.45, 2.75) is 33.2 Å². The summed E-state index contributed by atoms with van der Waals surface area (Å²) < 4.78 is 4.85. The second kappa shape index (κ2) is 6.06. The lowest BCUT2D eigenvalue weighted by Crippen LogP contribution is -2.44. The van der Waals surface area contributed by atoms with Crippen LogP contribution in [0.15, 0.2) is 9.52 Å². The predicted octanol–water partition coefficient (Wildman–Crippen LogP) is -0.262. The molecular weight excluding hydrogens is 208 g/mol. The highest BCUT2D eigenvalue weighted by Gasteiger charge is 2.02. The summed E-state index contributed by atoms with van der Waals surface area (Å²) in [7, 11) is 0. The Hall–Kier alpha value is -1.63. The standard InChI is InChI=1S/C9H18N6O/c1-6(2)12-9(14-10)11-5-4-8-13-7(3)16-15-8/h6H,4-5,10H2,1-3H3,(H2,11,12,14). The van der Waals surface area contributed by atoms with Crippen molar-refractivity contribution in [1.82, 2.24) is 20.9 Å². The Morgan fingerprint density at radius 3 is 2.81 bits per heavy atom. The molecule has 1 aromatic rings. The van der Waals surface area contributed by atoms with Gasteiger partial charge >= 0.3 is 0 Å². The zero-order chi connectivity index (χ0) is 12.0. The van der Waals surface area contributed by atoms with Crippen LogP contribution in [-0.4, -0.2) is 28.7 Å². The molecule has 0 atom stereocenters. The fraction of sp³-hybridized carbons (Fsp3) is 0.667. The zero-order valence-electron chi connectivity index (χ0n) is 9.82. The van der Waals surface area contributed by atoms with E-state index >= 15 is 0 Å². The zero-order valence-corrected chi connectivity index (χ0v) is 9.82. The maximum Gasteiger partial charge on any atom is 0.223 e. The number of aryl methyl sites for hydroxylation is 1. The highest BCUT2D eigenvalue weighted by molar-refractivity contribution is 5.79. The number of aromatic nitrogens is 2. The quantitative estimate of drug-likeness (QED) is 0.283. The molecule has 0 aliphatic heterocycles. The van der Waals surface area contributed by atoms with Gasteiger partial charge in [0.25, 0.3) is 0 Å². The van der Waals surface area contributed by atoms with Crippen LogP contribution in [0.25, 0.3) is 0 Å². The summed E-state index contributed by atoms with van der Waals surface area (Å²) in [4.78, 5) is 8.31. The Bertz CT molecular complexity index is 346. The van der Waals surface area contributed by atoms with Gasteiger partial charge in [-0.1, -0.05) is 5.16 Å². The van der Waals surface area contributed by atoms with Crippen LogP contribution >= 0.6 is 0 Å². The molecule has 0 aromatic carbocycles. The summed E-state index contributed by atoms with van der Waals surface area (Å²) in [6.45, 7) is 6.33. The molecule has 1 rings (SSSR count). The minimum Gasteiger partial charge on any atom is -0.353 e. The third-order valence-corrected chi connectivity index (χ3v) is 1.74. The molecule has 0 unspecified atom stereocenters. The smallest absolute Gasteiger partial charge is 0.223 e. The van der Waals surface area contributed by atoms with Crippen LogP contribution in [0.3, 0.4) is 0 Å². The first-order valence-corrected chi connectivity index (χ1v) is 5.18. The summed E-state index contributed by atoms with van der Waals surface area (Å²) in [6, 6.07) is 0.280. The van der Waals surface area contributed by atoms with E-state index in [1.165, 1.54) is 0 Å². The molecule has 7 heteroatoms. The number of rotatable bonds is 4. The lowest BCUT2D eigenvalue weighted by Gasteiger charge is -2.11. The van der Waals surface area contributed by atoms with E-state index in [0.29, 0.717) is 30.6 Å². The Morgan fingerprint density at radius 1 is 1.56 bits per heavy atom. The number of aliphatic imine (C=N–C) groups is 1. The molecule has 0 bridgehead atoms. The summed E-state index contributed by atoms with van der Waals surface area (Å²) in [5.74, 6) is 7.10. The summed E-state index contributed by atoms with van der Waals surface area (Å²) >= 11 is 0. The van der Waals surface area contributed by atoms with Gasteiger partial charge in [0.05, 0.1) is 6.54 Å². The summed E-state index contributed by atoms with van der Waals surface area (Å²) in [5, 5.41) is 6.84. The van der Waals surface area contributed by atoms with E-state index in [0.717, 1.165) is 0 Å². The molecule has 0 amide bonds.